The van der Waals surface area contributed by atoms with E-state index >= 15 is 0 Å². The highest BCUT2D eigenvalue weighted by atomic mass is 16.4. The number of aryl methyl sites for hydroxylation is 2. The van der Waals surface area contributed by atoms with Crippen LogP contribution in [0, 0.1) is 36.5 Å². The highest BCUT2D eigenvalue weighted by Crippen LogP contribution is 2.64. The average molecular weight is 425 g/mol. The number of hydrogen-bond acceptors (Lipinski definition) is 1. The largest absolute Gasteiger partial charge is 0.388 e. The Morgan fingerprint density at radius 3 is 1.16 bits per heavy atom. The van der Waals surface area contributed by atoms with Crippen LogP contribution in [0.1, 0.15) is 77.3 Å². The summed E-state index contributed by atoms with van der Waals surface area (Å²) in [7, 11) is 3.25. The predicted molar refractivity (Wildman–Crippen MR) is 138 cm³/mol. The van der Waals surface area contributed by atoms with Crippen molar-refractivity contribution < 1.29 is 4.74 Å². The van der Waals surface area contributed by atoms with Gasteiger partial charge in [0.15, 0.2) is 0 Å². The molecule has 31 heavy (non-hydrogen) atoms. The summed E-state index contributed by atoms with van der Waals surface area (Å²) >= 11 is 0. The molecule has 4 bridgehead atoms. The van der Waals surface area contributed by atoms with Gasteiger partial charge in [-0.15, -0.1) is 0 Å². The molecule has 0 aliphatic heterocycles. The van der Waals surface area contributed by atoms with Gasteiger partial charge in [0.25, 0.3) is 0 Å². The minimum atomic E-state index is 0.763. The molecule has 0 radical (unpaired) electrons. The molecule has 0 heterocycles. The Hall–Kier alpha value is -1.60. The monoisotopic (exact) mass is 424 g/mol. The van der Waals surface area contributed by atoms with Crippen molar-refractivity contribution in [2.75, 3.05) is 14.2 Å². The van der Waals surface area contributed by atoms with Crippen LogP contribution in [0.3, 0.4) is 0 Å². The number of methoxy groups -OCH3 is 1. The molecule has 6 rings (SSSR count). The second-order valence-corrected chi connectivity index (χ2v) is 10.2. The van der Waals surface area contributed by atoms with Crippen molar-refractivity contribution >= 4 is 0 Å². The standard InChI is InChI=1S/C12H20.C8H10.C6H6.C2H6O.C2H6/c1-11-4-9-3-10(5-11)7-12(2,6-9)8-11;1-7-5-3-4-6-8(7)2;1-2-4-6-5-3-1;1-3-2;1-2/h9-10H,3-8H2,1-2H3;3-6H,1-2H3;1-6H;1-2H3;1-2H3. The zero-order chi connectivity index (χ0) is 23.3. The molecule has 0 atom stereocenters. The Kier molecular flexibility index (Phi) is 12.2. The third kappa shape index (κ3) is 9.60. The van der Waals surface area contributed by atoms with Crippen molar-refractivity contribution in [3.8, 4) is 0 Å². The molecule has 4 aliphatic carbocycles. The van der Waals surface area contributed by atoms with E-state index in [0.717, 1.165) is 22.7 Å². The minimum absolute atomic E-state index is 0.763. The number of benzene rings is 2. The van der Waals surface area contributed by atoms with Crippen molar-refractivity contribution in [3.63, 3.8) is 0 Å². The summed E-state index contributed by atoms with van der Waals surface area (Å²) in [5.74, 6) is 2.22. The first-order chi connectivity index (χ1) is 14.8. The molecule has 0 N–H and O–H groups in total. The van der Waals surface area contributed by atoms with Crippen LogP contribution >= 0.6 is 0 Å². The Labute approximate surface area is 193 Å². The number of ether oxygens (including phenoxy) is 1. The maximum absolute atomic E-state index is 4.25. The Balaban J connectivity index is 0.000000222. The predicted octanol–water partition coefficient (Wildman–Crippen LogP) is 8.89. The lowest BCUT2D eigenvalue weighted by molar-refractivity contribution is -0.0920. The van der Waals surface area contributed by atoms with Crippen LogP contribution in [-0.2, 0) is 4.74 Å². The van der Waals surface area contributed by atoms with E-state index in [1.54, 1.807) is 46.3 Å². The molecule has 0 saturated heterocycles. The van der Waals surface area contributed by atoms with Gasteiger partial charge >= 0.3 is 0 Å². The molecule has 1 heteroatoms. The Morgan fingerprint density at radius 1 is 0.645 bits per heavy atom. The maximum atomic E-state index is 4.25. The Morgan fingerprint density at radius 2 is 0.935 bits per heavy atom. The lowest BCUT2D eigenvalue weighted by Gasteiger charge is -2.60. The first kappa shape index (κ1) is 27.4. The van der Waals surface area contributed by atoms with E-state index in [4.69, 9.17) is 0 Å². The van der Waals surface area contributed by atoms with Gasteiger partial charge in [-0.2, -0.15) is 0 Å². The van der Waals surface area contributed by atoms with Gasteiger partial charge in [-0.05, 0) is 86.2 Å². The molecule has 4 fully saturated rings. The van der Waals surface area contributed by atoms with Crippen LogP contribution in [0.25, 0.3) is 0 Å². The molecule has 0 amide bonds. The van der Waals surface area contributed by atoms with Crippen molar-refractivity contribution in [2.45, 2.75) is 80.1 Å². The molecular formula is C30H48O. The second kappa shape index (κ2) is 13.7. The lowest BCUT2D eigenvalue weighted by atomic mass is 9.45. The molecule has 4 saturated carbocycles. The van der Waals surface area contributed by atoms with E-state index in [-0.39, 0.29) is 0 Å². The molecule has 0 unspecified atom stereocenters. The van der Waals surface area contributed by atoms with Crippen molar-refractivity contribution in [3.05, 3.63) is 71.8 Å². The number of rotatable bonds is 0. The van der Waals surface area contributed by atoms with Crippen LogP contribution in [0.15, 0.2) is 60.7 Å². The molecule has 1 nitrogen and oxygen atoms in total. The van der Waals surface area contributed by atoms with Crippen LogP contribution in [-0.4, -0.2) is 14.2 Å². The molecular weight excluding hydrogens is 376 g/mol. The smallest absolute Gasteiger partial charge is 0.0351 e. The van der Waals surface area contributed by atoms with Gasteiger partial charge in [-0.3, -0.25) is 0 Å². The lowest BCUT2D eigenvalue weighted by Crippen LogP contribution is -2.49. The highest BCUT2D eigenvalue weighted by Gasteiger charge is 2.53. The van der Waals surface area contributed by atoms with Gasteiger partial charge in [0.1, 0.15) is 0 Å². The molecule has 2 aromatic carbocycles. The van der Waals surface area contributed by atoms with E-state index < -0.39 is 0 Å². The fourth-order valence-corrected chi connectivity index (χ4v) is 6.27. The van der Waals surface area contributed by atoms with Gasteiger partial charge in [0.05, 0.1) is 0 Å². The first-order valence-electron chi connectivity index (χ1n) is 12.2. The molecule has 0 aromatic heterocycles. The van der Waals surface area contributed by atoms with E-state index in [1.165, 1.54) is 17.5 Å². The minimum Gasteiger partial charge on any atom is -0.388 e. The molecule has 4 aliphatic rings. The summed E-state index contributed by atoms with van der Waals surface area (Å²) in [6, 6.07) is 20.4. The van der Waals surface area contributed by atoms with E-state index in [0.29, 0.717) is 0 Å². The van der Waals surface area contributed by atoms with Crippen molar-refractivity contribution in [1.82, 2.24) is 0 Å². The summed E-state index contributed by atoms with van der Waals surface area (Å²) in [6.45, 7) is 13.3. The summed E-state index contributed by atoms with van der Waals surface area (Å²) in [6.07, 6.45) is 9.33. The van der Waals surface area contributed by atoms with Gasteiger partial charge in [-0.1, -0.05) is 88.4 Å². The summed E-state index contributed by atoms with van der Waals surface area (Å²) in [5, 5.41) is 0. The molecule has 0 spiro atoms. The maximum Gasteiger partial charge on any atom is 0.0351 e. The SMILES string of the molecule is CC.CC12CC3CC(C1)CC(C)(C3)C2.COC.Cc1ccccc1C.c1ccccc1. The van der Waals surface area contributed by atoms with E-state index in [9.17, 15) is 0 Å². The molecule has 2 aromatic rings. The van der Waals surface area contributed by atoms with Crippen LogP contribution in [0.4, 0.5) is 0 Å². The first-order valence-corrected chi connectivity index (χ1v) is 12.2. The van der Waals surface area contributed by atoms with Gasteiger partial charge < -0.3 is 4.74 Å². The van der Waals surface area contributed by atoms with Crippen LogP contribution in [0.5, 0.6) is 0 Å². The highest BCUT2D eigenvalue weighted by molar-refractivity contribution is 5.23. The topological polar surface area (TPSA) is 9.23 Å². The third-order valence-electron chi connectivity index (χ3n) is 6.74. The summed E-state index contributed by atoms with van der Waals surface area (Å²) < 4.78 is 4.25. The van der Waals surface area contributed by atoms with Crippen molar-refractivity contribution in [2.24, 2.45) is 22.7 Å². The van der Waals surface area contributed by atoms with Crippen LogP contribution in [0.2, 0.25) is 0 Å². The number of hydrogen-bond donors (Lipinski definition) is 0. The Bertz CT molecular complexity index is 624. The van der Waals surface area contributed by atoms with Crippen LogP contribution < -0.4 is 0 Å². The normalized spacial score (nSPS) is 28.9. The fraction of sp³-hybridized carbons (Fsp3) is 0.600. The van der Waals surface area contributed by atoms with E-state index in [1.807, 2.05) is 50.2 Å². The average Bonchev–Trinajstić information content (AvgIpc) is 2.72. The van der Waals surface area contributed by atoms with Gasteiger partial charge in [0.2, 0.25) is 0 Å². The third-order valence-corrected chi connectivity index (χ3v) is 6.74. The molecule has 174 valence electrons. The zero-order valence-electron chi connectivity index (χ0n) is 21.6. The van der Waals surface area contributed by atoms with Gasteiger partial charge in [0, 0.05) is 14.2 Å². The zero-order valence-corrected chi connectivity index (χ0v) is 21.6. The quantitative estimate of drug-likeness (QED) is 0.410. The summed E-state index contributed by atoms with van der Waals surface area (Å²) in [4.78, 5) is 0. The van der Waals surface area contributed by atoms with E-state index in [2.05, 4.69) is 56.7 Å². The fourth-order valence-electron chi connectivity index (χ4n) is 6.27. The summed E-state index contributed by atoms with van der Waals surface area (Å²) in [5.41, 5.74) is 4.26. The van der Waals surface area contributed by atoms with Crippen molar-refractivity contribution in [1.29, 1.82) is 0 Å². The second-order valence-electron chi connectivity index (χ2n) is 10.2. The van der Waals surface area contributed by atoms with Gasteiger partial charge in [-0.25, -0.2) is 0 Å².